The molecule has 3 unspecified atom stereocenters. The van der Waals surface area contributed by atoms with Crippen LogP contribution in [0.5, 0.6) is 0 Å². The molecule has 3 atom stereocenters. The third-order valence-electron chi connectivity index (χ3n) is 4.31. The van der Waals surface area contributed by atoms with Gasteiger partial charge in [0.15, 0.2) is 0 Å². The van der Waals surface area contributed by atoms with Gasteiger partial charge in [-0.3, -0.25) is 0 Å². The van der Waals surface area contributed by atoms with Gasteiger partial charge in [0, 0.05) is 12.0 Å². The van der Waals surface area contributed by atoms with E-state index in [2.05, 4.69) is 13.8 Å². The minimum absolute atomic E-state index is 0.0155. The molecule has 1 aromatic carbocycles. The molecule has 0 aromatic heterocycles. The predicted molar refractivity (Wildman–Crippen MR) is 67.2 cm³/mol. The Morgan fingerprint density at radius 2 is 1.83 bits per heavy atom. The second-order valence-electron chi connectivity index (χ2n) is 5.80. The Bertz CT molecular complexity index is 412. The summed E-state index contributed by atoms with van der Waals surface area (Å²) in [5.74, 6) is -0.168. The number of hydrogen-bond acceptors (Lipinski definition) is 1. The first-order valence-electron chi connectivity index (χ1n) is 6.56. The number of rotatable bonds is 2. The number of halogens is 2. The fourth-order valence-corrected chi connectivity index (χ4v) is 2.87. The quantitative estimate of drug-likeness (QED) is 0.853. The first kappa shape index (κ1) is 13.5. The third-order valence-corrected chi connectivity index (χ3v) is 4.31. The van der Waals surface area contributed by atoms with Crippen LogP contribution in [0.15, 0.2) is 18.2 Å². The summed E-state index contributed by atoms with van der Waals surface area (Å²) in [6, 6.07) is 3.84. The van der Waals surface area contributed by atoms with Gasteiger partial charge in [-0.2, -0.15) is 0 Å². The molecule has 2 rings (SSSR count). The van der Waals surface area contributed by atoms with E-state index in [0.717, 1.165) is 6.42 Å². The highest BCUT2D eigenvalue weighted by Gasteiger charge is 2.37. The zero-order chi connectivity index (χ0) is 13.3. The van der Waals surface area contributed by atoms with Crippen LogP contribution < -0.4 is 0 Å². The fraction of sp³-hybridized carbons (Fsp3) is 0.600. The van der Waals surface area contributed by atoms with Crippen molar-refractivity contribution in [3.63, 3.8) is 0 Å². The second kappa shape index (κ2) is 4.96. The van der Waals surface area contributed by atoms with E-state index in [1.807, 2.05) is 0 Å². The van der Waals surface area contributed by atoms with Gasteiger partial charge in [-0.05, 0) is 43.2 Å². The summed E-state index contributed by atoms with van der Waals surface area (Å²) in [6.45, 7) is 4.25. The molecule has 0 saturated heterocycles. The van der Waals surface area contributed by atoms with Crippen molar-refractivity contribution in [3.8, 4) is 0 Å². The van der Waals surface area contributed by atoms with Crippen molar-refractivity contribution in [2.75, 3.05) is 0 Å². The first-order valence-corrected chi connectivity index (χ1v) is 6.56. The molecule has 0 heterocycles. The maximum absolute atomic E-state index is 13.6. The molecule has 0 aliphatic heterocycles. The molecule has 3 heteroatoms. The Hall–Kier alpha value is -0.960. The Balaban J connectivity index is 2.18. The van der Waals surface area contributed by atoms with Crippen LogP contribution in [-0.2, 0) is 6.42 Å². The number of benzene rings is 1. The van der Waals surface area contributed by atoms with Gasteiger partial charge in [-0.1, -0.05) is 19.9 Å². The lowest BCUT2D eigenvalue weighted by Crippen LogP contribution is -2.40. The molecule has 1 nitrogen and oxygen atoms in total. The first-order chi connectivity index (χ1) is 8.41. The molecule has 0 radical (unpaired) electrons. The molecule has 1 aliphatic carbocycles. The van der Waals surface area contributed by atoms with Crippen LogP contribution in [0.25, 0.3) is 0 Å². The Morgan fingerprint density at radius 1 is 1.22 bits per heavy atom. The van der Waals surface area contributed by atoms with E-state index in [-0.39, 0.29) is 12.0 Å². The van der Waals surface area contributed by atoms with E-state index >= 15 is 0 Å². The van der Waals surface area contributed by atoms with Gasteiger partial charge in [-0.15, -0.1) is 0 Å². The summed E-state index contributed by atoms with van der Waals surface area (Å²) >= 11 is 0. The normalized spacial score (nSPS) is 32.5. The van der Waals surface area contributed by atoms with Crippen LogP contribution in [0.3, 0.4) is 0 Å². The van der Waals surface area contributed by atoms with Gasteiger partial charge in [0.2, 0.25) is 0 Å². The van der Waals surface area contributed by atoms with Crippen molar-refractivity contribution < 1.29 is 13.9 Å². The molecule has 18 heavy (non-hydrogen) atoms. The van der Waals surface area contributed by atoms with Gasteiger partial charge in [0.25, 0.3) is 0 Å². The van der Waals surface area contributed by atoms with Crippen molar-refractivity contribution in [1.82, 2.24) is 0 Å². The summed E-state index contributed by atoms with van der Waals surface area (Å²) in [4.78, 5) is 0. The van der Waals surface area contributed by atoms with Gasteiger partial charge >= 0.3 is 0 Å². The van der Waals surface area contributed by atoms with Crippen LogP contribution in [-0.4, -0.2) is 10.7 Å². The lowest BCUT2D eigenvalue weighted by molar-refractivity contribution is -0.0291. The van der Waals surface area contributed by atoms with Gasteiger partial charge in [-0.25, -0.2) is 8.78 Å². The highest BCUT2D eigenvalue weighted by atomic mass is 19.1. The molecule has 1 aromatic rings. The zero-order valence-electron chi connectivity index (χ0n) is 10.9. The van der Waals surface area contributed by atoms with E-state index in [1.165, 1.54) is 18.2 Å². The van der Waals surface area contributed by atoms with Crippen LogP contribution in [0, 0.1) is 23.5 Å². The Kier molecular flexibility index (Phi) is 3.71. The Morgan fingerprint density at radius 3 is 2.39 bits per heavy atom. The lowest BCUT2D eigenvalue weighted by atomic mass is 9.71. The smallest absolute Gasteiger partial charge is 0.129 e. The minimum atomic E-state index is -0.963. The average molecular weight is 254 g/mol. The van der Waals surface area contributed by atoms with Crippen LogP contribution in [0.4, 0.5) is 8.78 Å². The molecule has 100 valence electrons. The van der Waals surface area contributed by atoms with Crippen LogP contribution in [0.2, 0.25) is 0 Å². The molecule has 1 N–H and O–H groups in total. The zero-order valence-corrected chi connectivity index (χ0v) is 10.9. The number of aliphatic hydroxyl groups is 1. The summed E-state index contributed by atoms with van der Waals surface area (Å²) in [7, 11) is 0. The second-order valence-corrected chi connectivity index (χ2v) is 5.80. The molecule has 1 fully saturated rings. The van der Waals surface area contributed by atoms with Crippen molar-refractivity contribution in [2.24, 2.45) is 11.8 Å². The maximum atomic E-state index is 13.6. The topological polar surface area (TPSA) is 20.2 Å². The Labute approximate surface area is 107 Å². The summed E-state index contributed by atoms with van der Waals surface area (Å²) in [5, 5.41) is 10.5. The van der Waals surface area contributed by atoms with Gasteiger partial charge in [0.05, 0.1) is 5.60 Å². The van der Waals surface area contributed by atoms with Crippen LogP contribution in [0.1, 0.15) is 38.7 Å². The van der Waals surface area contributed by atoms with E-state index in [9.17, 15) is 13.9 Å². The number of hydrogen-bond donors (Lipinski definition) is 1. The SMILES string of the molecule is CC1CCC(O)(Cc2c(F)cccc2F)CC1C. The van der Waals surface area contributed by atoms with Crippen molar-refractivity contribution in [3.05, 3.63) is 35.4 Å². The summed E-state index contributed by atoms with van der Waals surface area (Å²) in [5.41, 5.74) is -0.948. The minimum Gasteiger partial charge on any atom is -0.390 e. The highest BCUT2D eigenvalue weighted by molar-refractivity contribution is 5.22. The van der Waals surface area contributed by atoms with E-state index in [4.69, 9.17) is 0 Å². The van der Waals surface area contributed by atoms with Crippen molar-refractivity contribution in [2.45, 2.75) is 45.1 Å². The maximum Gasteiger partial charge on any atom is 0.129 e. The van der Waals surface area contributed by atoms with E-state index in [0.29, 0.717) is 24.7 Å². The summed E-state index contributed by atoms with van der Waals surface area (Å²) in [6.07, 6.45) is 2.21. The van der Waals surface area contributed by atoms with Gasteiger partial charge in [0.1, 0.15) is 11.6 Å². The molecular weight excluding hydrogens is 234 g/mol. The van der Waals surface area contributed by atoms with E-state index in [1.54, 1.807) is 0 Å². The van der Waals surface area contributed by atoms with E-state index < -0.39 is 17.2 Å². The monoisotopic (exact) mass is 254 g/mol. The molecule has 0 amide bonds. The highest BCUT2D eigenvalue weighted by Crippen LogP contribution is 2.38. The average Bonchev–Trinajstić information content (AvgIpc) is 2.30. The third kappa shape index (κ3) is 2.72. The van der Waals surface area contributed by atoms with Gasteiger partial charge < -0.3 is 5.11 Å². The molecule has 1 aliphatic rings. The largest absolute Gasteiger partial charge is 0.390 e. The van der Waals surface area contributed by atoms with Crippen molar-refractivity contribution in [1.29, 1.82) is 0 Å². The molecule has 1 saturated carbocycles. The van der Waals surface area contributed by atoms with Crippen LogP contribution >= 0.6 is 0 Å². The standard InChI is InChI=1S/C15H20F2O/c1-10-6-7-15(18,8-11(10)2)9-12-13(16)4-3-5-14(12)17/h3-5,10-11,18H,6-9H2,1-2H3. The predicted octanol–water partition coefficient (Wildman–Crippen LogP) is 3.69. The fourth-order valence-electron chi connectivity index (χ4n) is 2.87. The lowest BCUT2D eigenvalue weighted by Gasteiger charge is -2.39. The molecule has 0 spiro atoms. The summed E-state index contributed by atoms with van der Waals surface area (Å²) < 4.78 is 27.2. The van der Waals surface area contributed by atoms with Crippen molar-refractivity contribution >= 4 is 0 Å². The molecule has 0 bridgehead atoms. The molecular formula is C15H20F2O.